The van der Waals surface area contributed by atoms with Gasteiger partial charge in [0.05, 0.1) is 5.69 Å². The lowest BCUT2D eigenvalue weighted by molar-refractivity contribution is -0.167. The number of anilines is 2. The molecule has 2 N–H and O–H groups in total. The fourth-order valence-electron chi connectivity index (χ4n) is 2.36. The summed E-state index contributed by atoms with van der Waals surface area (Å²) in [6.45, 7) is 1.67. The summed E-state index contributed by atoms with van der Waals surface area (Å²) in [5.74, 6) is -2.56. The Hall–Kier alpha value is -3.76. The van der Waals surface area contributed by atoms with Crippen LogP contribution in [-0.2, 0) is 16.1 Å². The number of alkyl halides is 3. The summed E-state index contributed by atoms with van der Waals surface area (Å²) in [5, 5.41) is 15.9. The highest BCUT2D eigenvalue weighted by Crippen LogP contribution is 2.26. The van der Waals surface area contributed by atoms with Crippen LogP contribution in [0.1, 0.15) is 5.56 Å². The van der Waals surface area contributed by atoms with Crippen molar-refractivity contribution in [2.24, 2.45) is 0 Å². The molecule has 0 aliphatic heterocycles. The Kier molecular flexibility index (Phi) is 5.57. The molecule has 1 heterocycles. The summed E-state index contributed by atoms with van der Waals surface area (Å²) in [6.07, 6.45) is -5.04. The second-order valence-electron chi connectivity index (χ2n) is 6.06. The van der Waals surface area contributed by atoms with Crippen LogP contribution in [0.4, 0.5) is 24.5 Å². The lowest BCUT2D eigenvalue weighted by atomic mass is 10.1. The minimum atomic E-state index is -5.04. The number of nitrogens with one attached hydrogen (secondary N) is 2. The molecule has 3 rings (SSSR count). The molecule has 0 aliphatic rings. The highest BCUT2D eigenvalue weighted by Gasteiger charge is 2.39. The third-order valence-electron chi connectivity index (χ3n) is 3.75. The monoisotopic (exact) mass is 404 g/mol. The van der Waals surface area contributed by atoms with Gasteiger partial charge in [-0.25, -0.2) is 0 Å². The van der Waals surface area contributed by atoms with Crippen molar-refractivity contribution < 1.29 is 22.8 Å². The minimum absolute atomic E-state index is 0.0359. The van der Waals surface area contributed by atoms with Gasteiger partial charge in [0.1, 0.15) is 6.54 Å². The molecule has 0 fully saturated rings. The number of benzene rings is 2. The van der Waals surface area contributed by atoms with Crippen LogP contribution in [0.2, 0.25) is 0 Å². The molecule has 2 aromatic carbocycles. The third kappa shape index (κ3) is 5.15. The Bertz CT molecular complexity index is 1030. The van der Waals surface area contributed by atoms with E-state index in [1.54, 1.807) is 23.5 Å². The van der Waals surface area contributed by atoms with Crippen molar-refractivity contribution in [2.45, 2.75) is 19.6 Å². The zero-order chi connectivity index (χ0) is 21.0. The van der Waals surface area contributed by atoms with E-state index in [1.807, 2.05) is 19.1 Å². The third-order valence-corrected chi connectivity index (χ3v) is 3.75. The first-order valence-corrected chi connectivity index (χ1v) is 8.34. The largest absolute Gasteiger partial charge is 0.471 e. The summed E-state index contributed by atoms with van der Waals surface area (Å²) >= 11 is 0. The molecule has 3 aromatic rings. The van der Waals surface area contributed by atoms with Crippen molar-refractivity contribution in [3.63, 3.8) is 0 Å². The zero-order valence-electron chi connectivity index (χ0n) is 15.1. The average molecular weight is 404 g/mol. The van der Waals surface area contributed by atoms with Crippen LogP contribution in [0.15, 0.2) is 48.5 Å². The Morgan fingerprint density at radius 2 is 1.72 bits per heavy atom. The summed E-state index contributed by atoms with van der Waals surface area (Å²) in [5.41, 5.74) is 1.65. The average Bonchev–Trinajstić information content (AvgIpc) is 3.11. The van der Waals surface area contributed by atoms with Gasteiger partial charge in [0.2, 0.25) is 11.7 Å². The van der Waals surface area contributed by atoms with E-state index in [4.69, 9.17) is 0 Å². The molecule has 0 saturated carbocycles. The van der Waals surface area contributed by atoms with Crippen molar-refractivity contribution >= 4 is 23.2 Å². The first-order chi connectivity index (χ1) is 13.7. The number of rotatable bonds is 5. The smallest absolute Gasteiger partial charge is 0.324 e. The van der Waals surface area contributed by atoms with Gasteiger partial charge in [-0.3, -0.25) is 9.59 Å². The van der Waals surface area contributed by atoms with Crippen LogP contribution in [0.3, 0.4) is 0 Å². The first kappa shape index (κ1) is 20.0. The molecule has 0 radical (unpaired) electrons. The molecule has 150 valence electrons. The van der Waals surface area contributed by atoms with Crippen LogP contribution in [0.5, 0.6) is 0 Å². The summed E-state index contributed by atoms with van der Waals surface area (Å²) in [6, 6.07) is 12.9. The van der Waals surface area contributed by atoms with Gasteiger partial charge in [-0.1, -0.05) is 29.8 Å². The molecule has 11 heteroatoms. The lowest BCUT2D eigenvalue weighted by Gasteiger charge is -2.10. The normalized spacial score (nSPS) is 11.2. The van der Waals surface area contributed by atoms with Crippen LogP contribution in [0, 0.1) is 6.92 Å². The zero-order valence-corrected chi connectivity index (χ0v) is 15.1. The number of aryl methyl sites for hydroxylation is 1. The number of hydrogen-bond acceptors (Lipinski definition) is 5. The molecule has 0 spiro atoms. The predicted molar refractivity (Wildman–Crippen MR) is 97.7 cm³/mol. The number of tetrazole rings is 1. The van der Waals surface area contributed by atoms with Crippen molar-refractivity contribution in [2.75, 3.05) is 10.6 Å². The number of aromatic nitrogens is 4. The maximum Gasteiger partial charge on any atom is 0.471 e. The van der Waals surface area contributed by atoms with Gasteiger partial charge in [0.25, 0.3) is 0 Å². The molecular formula is C18H15F3N6O2. The van der Waals surface area contributed by atoms with Gasteiger partial charge in [-0.15, -0.1) is 10.2 Å². The minimum Gasteiger partial charge on any atom is -0.324 e. The molecule has 0 unspecified atom stereocenters. The number of hydrogen-bond donors (Lipinski definition) is 2. The number of halogens is 3. The van der Waals surface area contributed by atoms with Gasteiger partial charge in [-0.05, 0) is 36.4 Å². The van der Waals surface area contributed by atoms with E-state index >= 15 is 0 Å². The van der Waals surface area contributed by atoms with E-state index in [1.165, 1.54) is 18.2 Å². The molecule has 0 aliphatic carbocycles. The predicted octanol–water partition coefficient (Wildman–Crippen LogP) is 2.79. The Morgan fingerprint density at radius 1 is 1.03 bits per heavy atom. The van der Waals surface area contributed by atoms with Gasteiger partial charge in [-0.2, -0.15) is 18.0 Å². The van der Waals surface area contributed by atoms with E-state index in [9.17, 15) is 22.8 Å². The van der Waals surface area contributed by atoms with E-state index in [0.29, 0.717) is 5.69 Å². The Balaban J connectivity index is 1.72. The summed E-state index contributed by atoms with van der Waals surface area (Å²) in [4.78, 5) is 24.3. The Labute approximate surface area is 162 Å². The number of carbonyl (C=O) groups is 2. The van der Waals surface area contributed by atoms with Crippen LogP contribution in [-0.4, -0.2) is 38.2 Å². The SMILES string of the molecule is Cc1ccc(NC(=O)Cn2nnc(-c3ccccc3NC(=O)C(F)(F)F)n2)cc1. The van der Waals surface area contributed by atoms with Crippen LogP contribution in [0.25, 0.3) is 11.4 Å². The summed E-state index contributed by atoms with van der Waals surface area (Å²) in [7, 11) is 0. The van der Waals surface area contributed by atoms with Crippen LogP contribution >= 0.6 is 0 Å². The van der Waals surface area contributed by atoms with Gasteiger partial charge in [0.15, 0.2) is 0 Å². The molecule has 0 bridgehead atoms. The van der Waals surface area contributed by atoms with Crippen molar-refractivity contribution in [1.82, 2.24) is 20.2 Å². The molecule has 0 saturated heterocycles. The number of nitrogens with zero attached hydrogens (tertiary/aromatic N) is 4. The number of amides is 2. The standard InChI is InChI=1S/C18H15F3N6O2/c1-11-6-8-12(9-7-11)22-15(28)10-27-25-16(24-26-27)13-4-2-3-5-14(13)23-17(29)18(19,20)21/h2-9H,10H2,1H3,(H,22,28)(H,23,29). The highest BCUT2D eigenvalue weighted by atomic mass is 19.4. The van der Waals surface area contributed by atoms with Crippen molar-refractivity contribution in [3.8, 4) is 11.4 Å². The molecule has 0 atom stereocenters. The van der Waals surface area contributed by atoms with Crippen LogP contribution < -0.4 is 10.6 Å². The van der Waals surface area contributed by atoms with Gasteiger partial charge < -0.3 is 10.6 Å². The van der Waals surface area contributed by atoms with E-state index in [-0.39, 0.29) is 23.6 Å². The highest BCUT2D eigenvalue weighted by molar-refractivity contribution is 5.98. The molecule has 1 aromatic heterocycles. The number of para-hydroxylation sites is 1. The maximum absolute atomic E-state index is 12.5. The molecular weight excluding hydrogens is 389 g/mol. The lowest BCUT2D eigenvalue weighted by Crippen LogP contribution is -2.30. The number of carbonyl (C=O) groups excluding carboxylic acids is 2. The van der Waals surface area contributed by atoms with E-state index in [0.717, 1.165) is 10.4 Å². The molecule has 29 heavy (non-hydrogen) atoms. The quantitative estimate of drug-likeness (QED) is 0.681. The fourth-order valence-corrected chi connectivity index (χ4v) is 2.36. The summed E-state index contributed by atoms with van der Waals surface area (Å²) < 4.78 is 37.5. The fraction of sp³-hybridized carbons (Fsp3) is 0.167. The van der Waals surface area contributed by atoms with E-state index < -0.39 is 18.0 Å². The van der Waals surface area contributed by atoms with Crippen molar-refractivity contribution in [3.05, 3.63) is 54.1 Å². The van der Waals surface area contributed by atoms with Crippen molar-refractivity contribution in [1.29, 1.82) is 0 Å². The second kappa shape index (κ2) is 8.09. The second-order valence-corrected chi connectivity index (χ2v) is 6.06. The first-order valence-electron chi connectivity index (χ1n) is 8.34. The van der Waals surface area contributed by atoms with Gasteiger partial charge >= 0.3 is 12.1 Å². The maximum atomic E-state index is 12.5. The van der Waals surface area contributed by atoms with E-state index in [2.05, 4.69) is 20.7 Å². The molecule has 8 nitrogen and oxygen atoms in total. The molecule has 2 amide bonds. The topological polar surface area (TPSA) is 102 Å². The Morgan fingerprint density at radius 3 is 2.41 bits per heavy atom. The van der Waals surface area contributed by atoms with Gasteiger partial charge in [0, 0.05) is 11.3 Å².